The highest BCUT2D eigenvalue weighted by atomic mass is 35.5. The van der Waals surface area contributed by atoms with E-state index in [1.165, 1.54) is 7.11 Å². The van der Waals surface area contributed by atoms with Crippen molar-refractivity contribution in [1.29, 1.82) is 0 Å². The molecule has 1 saturated heterocycles. The molecule has 3 aliphatic heterocycles. The summed E-state index contributed by atoms with van der Waals surface area (Å²) in [7, 11) is 1.25. The molecule has 1 spiro atoms. The fraction of sp³-hybridized carbons (Fsp3) is 0.345. The number of benzene rings is 2. The first-order valence-corrected chi connectivity index (χ1v) is 14.5. The summed E-state index contributed by atoms with van der Waals surface area (Å²) >= 11 is 12.9. The SMILES string of the molecule is COC(=O)Nc1ccc2c(c1)NC(=O)CCCCC(C(=O)N1CC[C@@]3(C1)OC(=O)Nc1ccc(Cl)cc13)c1nc-2c(Cl)[nH]1. The summed E-state index contributed by atoms with van der Waals surface area (Å²) in [5.74, 6) is -0.695. The predicted molar refractivity (Wildman–Crippen MR) is 159 cm³/mol. The lowest BCUT2D eigenvalue weighted by atomic mass is 9.90. The Morgan fingerprint density at radius 1 is 1.12 bits per heavy atom. The van der Waals surface area contributed by atoms with Gasteiger partial charge in [0.2, 0.25) is 11.8 Å². The Balaban J connectivity index is 1.32. The molecule has 224 valence electrons. The van der Waals surface area contributed by atoms with Crippen molar-refractivity contribution in [3.8, 4) is 11.3 Å². The average molecular weight is 627 g/mol. The van der Waals surface area contributed by atoms with Gasteiger partial charge in [-0.15, -0.1) is 0 Å². The van der Waals surface area contributed by atoms with Crippen molar-refractivity contribution >= 4 is 64.3 Å². The second-order valence-corrected chi connectivity index (χ2v) is 11.5. The largest absolute Gasteiger partial charge is 0.453 e. The van der Waals surface area contributed by atoms with E-state index in [0.29, 0.717) is 71.4 Å². The number of carbonyl (C=O) groups excluding carboxylic acids is 4. The Morgan fingerprint density at radius 3 is 2.77 bits per heavy atom. The molecule has 4 heterocycles. The normalized spacial score (nSPS) is 21.4. The van der Waals surface area contributed by atoms with Gasteiger partial charge in [-0.1, -0.05) is 29.6 Å². The summed E-state index contributed by atoms with van der Waals surface area (Å²) in [6.07, 6.45) is 0.934. The second kappa shape index (κ2) is 11.4. The van der Waals surface area contributed by atoms with Gasteiger partial charge in [-0.3, -0.25) is 20.2 Å². The van der Waals surface area contributed by atoms with Gasteiger partial charge in [0, 0.05) is 41.2 Å². The highest BCUT2D eigenvalue weighted by Crippen LogP contribution is 2.45. The molecule has 2 aromatic carbocycles. The van der Waals surface area contributed by atoms with Crippen LogP contribution in [-0.2, 0) is 24.7 Å². The number of amides is 4. The number of nitrogens with one attached hydrogen (secondary N) is 4. The molecule has 2 bridgehead atoms. The average Bonchev–Trinajstić information content (AvgIpc) is 3.56. The Morgan fingerprint density at radius 2 is 1.95 bits per heavy atom. The smallest absolute Gasteiger partial charge is 0.412 e. The minimum Gasteiger partial charge on any atom is -0.453 e. The van der Waals surface area contributed by atoms with Crippen molar-refractivity contribution in [1.82, 2.24) is 14.9 Å². The molecular formula is C29H28Cl2N6O6. The molecule has 4 N–H and O–H groups in total. The Labute approximate surface area is 256 Å². The monoisotopic (exact) mass is 626 g/mol. The van der Waals surface area contributed by atoms with E-state index >= 15 is 0 Å². The van der Waals surface area contributed by atoms with Crippen LogP contribution in [0.15, 0.2) is 36.4 Å². The summed E-state index contributed by atoms with van der Waals surface area (Å²) < 4.78 is 10.5. The van der Waals surface area contributed by atoms with E-state index in [2.05, 4.69) is 25.7 Å². The number of ether oxygens (including phenoxy) is 2. The van der Waals surface area contributed by atoms with Gasteiger partial charge in [-0.2, -0.15) is 0 Å². The molecule has 0 radical (unpaired) electrons. The molecular weight excluding hydrogens is 599 g/mol. The zero-order valence-electron chi connectivity index (χ0n) is 23.1. The molecule has 1 unspecified atom stereocenters. The van der Waals surface area contributed by atoms with Crippen LogP contribution in [0.2, 0.25) is 10.2 Å². The zero-order valence-corrected chi connectivity index (χ0v) is 24.6. The van der Waals surface area contributed by atoms with E-state index in [1.807, 2.05) is 0 Å². The number of H-pyrrole nitrogens is 1. The topological polar surface area (TPSA) is 155 Å². The number of aromatic amines is 1. The Hall–Kier alpha value is -4.29. The molecule has 2 atom stereocenters. The third-order valence-corrected chi connectivity index (χ3v) is 8.48. The third-order valence-electron chi connectivity index (χ3n) is 7.97. The summed E-state index contributed by atoms with van der Waals surface area (Å²) in [5.41, 5.74) is 1.96. The van der Waals surface area contributed by atoms with Crippen LogP contribution < -0.4 is 16.0 Å². The number of carbonyl (C=O) groups is 4. The van der Waals surface area contributed by atoms with Crippen LogP contribution in [0.1, 0.15) is 49.4 Å². The molecule has 14 heteroatoms. The minimum absolute atomic E-state index is 0.158. The molecule has 6 rings (SSSR count). The number of aromatic nitrogens is 2. The van der Waals surface area contributed by atoms with Crippen molar-refractivity contribution in [2.24, 2.45) is 0 Å². The van der Waals surface area contributed by atoms with Crippen LogP contribution in [0.3, 0.4) is 0 Å². The van der Waals surface area contributed by atoms with Crippen LogP contribution in [0.5, 0.6) is 0 Å². The van der Waals surface area contributed by atoms with E-state index in [4.69, 9.17) is 32.9 Å². The van der Waals surface area contributed by atoms with Gasteiger partial charge >= 0.3 is 12.2 Å². The van der Waals surface area contributed by atoms with Gasteiger partial charge in [0.05, 0.1) is 30.9 Å². The van der Waals surface area contributed by atoms with Crippen molar-refractivity contribution < 1.29 is 28.7 Å². The number of likely N-dealkylation sites (tertiary alicyclic amines) is 1. The lowest BCUT2D eigenvalue weighted by Gasteiger charge is -2.35. The van der Waals surface area contributed by atoms with Crippen LogP contribution in [0, 0.1) is 0 Å². The quantitative estimate of drug-likeness (QED) is 0.278. The van der Waals surface area contributed by atoms with E-state index < -0.39 is 23.7 Å². The van der Waals surface area contributed by atoms with E-state index in [1.54, 1.807) is 41.3 Å². The maximum atomic E-state index is 14.1. The van der Waals surface area contributed by atoms with Gasteiger partial charge in [0.1, 0.15) is 16.7 Å². The number of rotatable bonds is 2. The number of fused-ring (bicyclic) bond motifs is 6. The highest BCUT2D eigenvalue weighted by Gasteiger charge is 2.49. The molecule has 0 saturated carbocycles. The van der Waals surface area contributed by atoms with Crippen molar-refractivity contribution in [3.05, 3.63) is 58.0 Å². The first-order chi connectivity index (χ1) is 20.7. The lowest BCUT2D eigenvalue weighted by Crippen LogP contribution is -2.43. The van der Waals surface area contributed by atoms with Gasteiger partial charge in [-0.25, -0.2) is 14.6 Å². The van der Waals surface area contributed by atoms with Gasteiger partial charge < -0.3 is 24.7 Å². The van der Waals surface area contributed by atoms with Crippen LogP contribution >= 0.6 is 23.2 Å². The predicted octanol–water partition coefficient (Wildman–Crippen LogP) is 5.85. The number of nitrogens with zero attached hydrogens (tertiary/aromatic N) is 2. The second-order valence-electron chi connectivity index (χ2n) is 10.7. The number of anilines is 3. The summed E-state index contributed by atoms with van der Waals surface area (Å²) in [5, 5.41) is 8.87. The lowest BCUT2D eigenvalue weighted by molar-refractivity contribution is -0.133. The first-order valence-electron chi connectivity index (χ1n) is 13.8. The van der Waals surface area contributed by atoms with Crippen LogP contribution in [0.25, 0.3) is 11.3 Å². The van der Waals surface area contributed by atoms with Crippen molar-refractivity contribution in [2.75, 3.05) is 36.1 Å². The number of hydrogen-bond donors (Lipinski definition) is 4. The number of hydrogen-bond acceptors (Lipinski definition) is 7. The fourth-order valence-corrected chi connectivity index (χ4v) is 6.31. The van der Waals surface area contributed by atoms with Crippen LogP contribution in [0.4, 0.5) is 26.7 Å². The molecule has 12 nitrogen and oxygen atoms in total. The van der Waals surface area contributed by atoms with Gasteiger partial charge in [-0.05, 0) is 49.2 Å². The molecule has 1 aromatic heterocycles. The number of imidazole rings is 1. The molecule has 3 aromatic rings. The van der Waals surface area contributed by atoms with Gasteiger partial charge in [0.25, 0.3) is 0 Å². The summed E-state index contributed by atoms with van der Waals surface area (Å²) in [4.78, 5) is 60.6. The maximum absolute atomic E-state index is 14.1. The standard InChI is InChI=1S/C29H28Cl2N6O6/c1-42-27(40)32-16-7-8-17-21(13-16)33-22(38)5-3-2-4-18(25-35-23(17)24(31)36-25)26(39)37-11-10-29(14-37)19-12-15(30)6-9-20(19)34-28(41)43-29/h6-9,12-13,18H,2-5,10-11,14H2,1H3,(H,32,40)(H,33,38)(H,34,41)(H,35,36)/t18?,29-/m0/s1. The van der Waals surface area contributed by atoms with Crippen molar-refractivity contribution in [3.63, 3.8) is 0 Å². The fourth-order valence-electron chi connectivity index (χ4n) is 5.90. The number of methoxy groups -OCH3 is 1. The van der Waals surface area contributed by atoms with Gasteiger partial charge in [0.15, 0.2) is 5.60 Å². The molecule has 1 fully saturated rings. The molecule has 0 aliphatic carbocycles. The Bertz CT molecular complexity index is 1640. The van der Waals surface area contributed by atoms with E-state index in [9.17, 15) is 19.2 Å². The molecule has 43 heavy (non-hydrogen) atoms. The first kappa shape index (κ1) is 28.8. The zero-order chi connectivity index (χ0) is 30.3. The third kappa shape index (κ3) is 5.59. The number of halogens is 2. The van der Waals surface area contributed by atoms with E-state index in [-0.39, 0.29) is 29.9 Å². The summed E-state index contributed by atoms with van der Waals surface area (Å²) in [6, 6.07) is 10.1. The highest BCUT2D eigenvalue weighted by molar-refractivity contribution is 6.32. The van der Waals surface area contributed by atoms with E-state index in [0.717, 1.165) is 5.56 Å². The summed E-state index contributed by atoms with van der Waals surface area (Å²) in [6.45, 7) is 0.517. The Kier molecular flexibility index (Phi) is 7.65. The molecule has 4 amide bonds. The van der Waals surface area contributed by atoms with Crippen molar-refractivity contribution in [2.45, 2.75) is 43.6 Å². The molecule has 3 aliphatic rings. The maximum Gasteiger partial charge on any atom is 0.412 e. The minimum atomic E-state index is -1.03. The van der Waals surface area contributed by atoms with Crippen LogP contribution in [-0.4, -0.2) is 59.1 Å².